The number of fused-ring (bicyclic) bond motifs is 2. The fourth-order valence-corrected chi connectivity index (χ4v) is 4.01. The van der Waals surface area contributed by atoms with E-state index in [-0.39, 0.29) is 0 Å². The molecule has 2 bridgehead atoms. The maximum absolute atomic E-state index is 5.70. The molecule has 2 rings (SSSR count). The van der Waals surface area contributed by atoms with Crippen molar-refractivity contribution in [1.29, 1.82) is 0 Å². The van der Waals surface area contributed by atoms with Crippen LogP contribution in [0, 0.1) is 29.6 Å². The van der Waals surface area contributed by atoms with Gasteiger partial charge in [-0.15, -0.1) is 0 Å². The average Bonchev–Trinajstić information content (AvgIpc) is 2.73. The van der Waals surface area contributed by atoms with Gasteiger partial charge in [0.25, 0.3) is 0 Å². The summed E-state index contributed by atoms with van der Waals surface area (Å²) in [6.45, 7) is 4.76. The summed E-state index contributed by atoms with van der Waals surface area (Å²) in [6.07, 6.45) is 7.10. The Hall–Kier alpha value is -0.0651. The van der Waals surface area contributed by atoms with Gasteiger partial charge in [-0.2, -0.15) is 0 Å². The first-order valence-corrected chi connectivity index (χ1v) is 6.33. The molecule has 77 valence electrons. The molecular weight excluding hydrogens is 167 g/mol. The first-order chi connectivity index (χ1) is 6.77. The van der Waals surface area contributed by atoms with Crippen molar-refractivity contribution in [2.24, 2.45) is 29.6 Å². The van der Waals surface area contributed by atoms with E-state index < -0.39 is 0 Å². The summed E-state index contributed by atoms with van der Waals surface area (Å²) >= 11 is 0. The molecule has 1 radical (unpaired) electrons. The molecule has 2 aliphatic carbocycles. The van der Waals surface area contributed by atoms with Gasteiger partial charge in [0, 0.05) is 0 Å². The number of hydrogen-bond acceptors (Lipinski definition) is 0. The Bertz CT molecular complexity index is 209. The standard InChI is InChI=1S/C13H22B/c1-3-4-5-12-9(2)13-7-10(12)6-11(13)8-14/h8-13H,3-7H2,1-2H3. The fraction of sp³-hybridized carbons (Fsp3) is 0.923. The van der Waals surface area contributed by atoms with Crippen LogP contribution in [0.5, 0.6) is 0 Å². The second-order valence-electron chi connectivity index (χ2n) is 5.42. The first-order valence-electron chi connectivity index (χ1n) is 6.33. The van der Waals surface area contributed by atoms with E-state index in [0.717, 1.165) is 29.6 Å². The van der Waals surface area contributed by atoms with Crippen LogP contribution in [0.25, 0.3) is 0 Å². The molecule has 0 aromatic heterocycles. The van der Waals surface area contributed by atoms with E-state index in [9.17, 15) is 0 Å². The third-order valence-electron chi connectivity index (χ3n) is 4.79. The molecule has 1 heteroatoms. The first kappa shape index (κ1) is 10.5. The van der Waals surface area contributed by atoms with Crippen LogP contribution in [-0.2, 0) is 0 Å². The molecule has 0 heterocycles. The molecule has 0 saturated heterocycles. The normalized spacial score (nSPS) is 45.6. The molecule has 2 saturated carbocycles. The summed E-state index contributed by atoms with van der Waals surface area (Å²) in [5.74, 6) is 6.60. The predicted molar refractivity (Wildman–Crippen MR) is 63.7 cm³/mol. The third-order valence-corrected chi connectivity index (χ3v) is 4.79. The molecule has 0 amide bonds. The Morgan fingerprint density at radius 2 is 2.14 bits per heavy atom. The summed E-state index contributed by atoms with van der Waals surface area (Å²) in [7, 11) is 5.70. The van der Waals surface area contributed by atoms with Crippen molar-refractivity contribution in [2.45, 2.75) is 46.0 Å². The molecule has 0 aromatic rings. The Morgan fingerprint density at radius 1 is 1.36 bits per heavy atom. The van der Waals surface area contributed by atoms with Crippen LogP contribution >= 0.6 is 0 Å². The summed E-state index contributed by atoms with van der Waals surface area (Å²) in [4.78, 5) is 0. The van der Waals surface area contributed by atoms with Gasteiger partial charge < -0.3 is 0 Å². The molecule has 0 nitrogen and oxygen atoms in total. The molecule has 2 fully saturated rings. The maximum atomic E-state index is 5.70. The number of hydrogen-bond donors (Lipinski definition) is 0. The molecule has 0 aromatic carbocycles. The number of rotatable bonds is 4. The minimum absolute atomic E-state index is 0.743. The van der Waals surface area contributed by atoms with Gasteiger partial charge in [-0.1, -0.05) is 0 Å². The molecule has 14 heavy (non-hydrogen) atoms. The van der Waals surface area contributed by atoms with Gasteiger partial charge >= 0.3 is 89.0 Å². The predicted octanol–water partition coefficient (Wildman–Crippen LogP) is 3.06. The van der Waals surface area contributed by atoms with Crippen molar-refractivity contribution in [3.63, 3.8) is 0 Å². The van der Waals surface area contributed by atoms with Gasteiger partial charge in [0.2, 0.25) is 0 Å². The van der Waals surface area contributed by atoms with Crippen LogP contribution in [0.15, 0.2) is 0 Å². The van der Waals surface area contributed by atoms with Crippen LogP contribution in [0.4, 0.5) is 0 Å². The molecule has 2 aliphatic rings. The number of unbranched alkanes of at least 4 members (excludes halogenated alkanes) is 1. The Labute approximate surface area is 89.5 Å². The van der Waals surface area contributed by atoms with Crippen molar-refractivity contribution in [2.75, 3.05) is 0 Å². The Kier molecular flexibility index (Phi) is 3.14. The van der Waals surface area contributed by atoms with Crippen molar-refractivity contribution >= 4 is 13.5 Å². The molecule has 0 N–H and O–H groups in total. The summed E-state index contributed by atoms with van der Waals surface area (Å²) in [6, 6.07) is 0. The van der Waals surface area contributed by atoms with E-state index in [4.69, 9.17) is 7.49 Å². The second kappa shape index (κ2) is 4.20. The quantitative estimate of drug-likeness (QED) is 0.596. The van der Waals surface area contributed by atoms with Gasteiger partial charge in [0.05, 0.1) is 0 Å². The zero-order valence-electron chi connectivity index (χ0n) is 9.58. The van der Waals surface area contributed by atoms with Crippen molar-refractivity contribution in [1.82, 2.24) is 0 Å². The van der Waals surface area contributed by atoms with Crippen molar-refractivity contribution in [3.05, 3.63) is 0 Å². The summed E-state index contributed by atoms with van der Waals surface area (Å²) < 4.78 is 0. The van der Waals surface area contributed by atoms with Gasteiger partial charge in [0.1, 0.15) is 0 Å². The van der Waals surface area contributed by atoms with E-state index >= 15 is 0 Å². The monoisotopic (exact) mass is 189 g/mol. The molecule has 5 atom stereocenters. The van der Waals surface area contributed by atoms with Crippen molar-refractivity contribution < 1.29 is 0 Å². The third kappa shape index (κ3) is 1.59. The average molecular weight is 189 g/mol. The van der Waals surface area contributed by atoms with Gasteiger partial charge in [-0.25, -0.2) is 0 Å². The fourth-order valence-electron chi connectivity index (χ4n) is 4.01. The van der Waals surface area contributed by atoms with Crippen molar-refractivity contribution in [3.8, 4) is 0 Å². The van der Waals surface area contributed by atoms with Gasteiger partial charge in [-0.05, 0) is 0 Å². The zero-order valence-corrected chi connectivity index (χ0v) is 9.58. The van der Waals surface area contributed by atoms with Crippen LogP contribution < -0.4 is 0 Å². The molecule has 5 unspecified atom stereocenters. The van der Waals surface area contributed by atoms with Crippen LogP contribution in [0.3, 0.4) is 0 Å². The van der Waals surface area contributed by atoms with Crippen LogP contribution in [0.2, 0.25) is 0 Å². The minimum atomic E-state index is 0.743. The van der Waals surface area contributed by atoms with E-state index in [2.05, 4.69) is 13.8 Å². The van der Waals surface area contributed by atoms with Gasteiger partial charge in [0.15, 0.2) is 0 Å². The van der Waals surface area contributed by atoms with E-state index in [1.807, 2.05) is 5.97 Å². The van der Waals surface area contributed by atoms with E-state index in [1.165, 1.54) is 32.1 Å². The van der Waals surface area contributed by atoms with Gasteiger partial charge in [-0.3, -0.25) is 0 Å². The van der Waals surface area contributed by atoms with Crippen LogP contribution in [-0.4, -0.2) is 13.5 Å². The summed E-state index contributed by atoms with van der Waals surface area (Å²) in [5.41, 5.74) is 0. The van der Waals surface area contributed by atoms with E-state index in [0.29, 0.717) is 0 Å². The Morgan fingerprint density at radius 3 is 2.71 bits per heavy atom. The Balaban J connectivity index is 1.95. The second-order valence-corrected chi connectivity index (χ2v) is 5.42. The van der Waals surface area contributed by atoms with Crippen LogP contribution in [0.1, 0.15) is 46.0 Å². The SMILES string of the molecule is [B]=CC1CC2CC1C(C)C2CCCC. The molecular formula is C13H22B. The zero-order chi connectivity index (χ0) is 10.1. The molecule has 0 spiro atoms. The molecule has 0 aliphatic heterocycles. The summed E-state index contributed by atoms with van der Waals surface area (Å²) in [5, 5.41) is 0. The topological polar surface area (TPSA) is 0 Å². The van der Waals surface area contributed by atoms with E-state index in [1.54, 1.807) is 0 Å².